The number of hydrogen-bond acceptors (Lipinski definition) is 6. The lowest BCUT2D eigenvalue weighted by atomic mass is 9.51. The van der Waals surface area contributed by atoms with Gasteiger partial charge in [-0.25, -0.2) is 0 Å². The van der Waals surface area contributed by atoms with E-state index in [1.54, 1.807) is 0 Å². The number of hydrogen-bond donors (Lipinski definition) is 1. The number of piperidine rings is 1. The molecule has 1 N–H and O–H groups in total. The molecule has 2 saturated carbocycles. The van der Waals surface area contributed by atoms with Crippen LogP contribution in [-0.4, -0.2) is 70.7 Å². The van der Waals surface area contributed by atoms with Crippen molar-refractivity contribution in [2.45, 2.75) is 146 Å². The predicted molar refractivity (Wildman–Crippen MR) is 216 cm³/mol. The van der Waals surface area contributed by atoms with Crippen LogP contribution >= 0.6 is 0 Å². The molecule has 1 spiro atoms. The normalized spacial score (nSPS) is 27.2. The number of likely N-dealkylation sites (tertiary alicyclic amines) is 1. The molecule has 3 aromatic rings. The lowest BCUT2D eigenvalue weighted by Crippen LogP contribution is -2.69. The molecular formula is C48H62N2O5. The van der Waals surface area contributed by atoms with Crippen molar-refractivity contribution in [2.75, 3.05) is 19.6 Å². The highest BCUT2D eigenvalue weighted by Gasteiger charge is 2.67. The molecule has 7 nitrogen and oxygen atoms in total. The Hall–Kier alpha value is -3.68. The molecule has 7 heteroatoms. The largest absolute Gasteiger partial charge is 0.483 e. The molecule has 3 aromatic carbocycles. The van der Waals surface area contributed by atoms with Gasteiger partial charge in [0.1, 0.15) is 6.10 Å². The zero-order chi connectivity index (χ0) is 37.8. The highest BCUT2D eigenvalue weighted by atomic mass is 16.6. The van der Waals surface area contributed by atoms with E-state index in [0.29, 0.717) is 30.0 Å². The molecule has 55 heavy (non-hydrogen) atoms. The summed E-state index contributed by atoms with van der Waals surface area (Å²) in [5, 5.41) is 10.3. The number of carbonyl (C=O) groups excluding carboxylic acids is 2. The van der Waals surface area contributed by atoms with Crippen molar-refractivity contribution >= 4 is 11.9 Å². The number of aliphatic hydroxyl groups excluding tert-OH is 1. The van der Waals surface area contributed by atoms with Crippen molar-refractivity contribution in [3.63, 3.8) is 0 Å². The fourth-order valence-electron chi connectivity index (χ4n) is 11.1. The summed E-state index contributed by atoms with van der Waals surface area (Å²) in [5.41, 5.74) is 5.08. The van der Waals surface area contributed by atoms with E-state index in [9.17, 15) is 14.7 Å². The summed E-state index contributed by atoms with van der Waals surface area (Å²) < 4.78 is 13.0. The van der Waals surface area contributed by atoms with Crippen LogP contribution in [-0.2, 0) is 34.3 Å². The molecule has 294 valence electrons. The molecule has 0 radical (unpaired) electrons. The summed E-state index contributed by atoms with van der Waals surface area (Å²) in [5.74, 6) is 1.98. The van der Waals surface area contributed by atoms with Crippen LogP contribution in [0.3, 0.4) is 0 Å². The van der Waals surface area contributed by atoms with Gasteiger partial charge in [-0.3, -0.25) is 14.5 Å². The predicted octanol–water partition coefficient (Wildman–Crippen LogP) is 8.62. The Morgan fingerprint density at radius 3 is 2.18 bits per heavy atom. The van der Waals surface area contributed by atoms with Gasteiger partial charge in [0.15, 0.2) is 11.5 Å². The van der Waals surface area contributed by atoms with E-state index in [4.69, 9.17) is 9.47 Å². The van der Waals surface area contributed by atoms with Gasteiger partial charge in [0, 0.05) is 49.4 Å². The number of nitrogens with zero attached hydrogens (tertiary/aromatic N) is 2. The quantitative estimate of drug-likeness (QED) is 0.0752. The van der Waals surface area contributed by atoms with Gasteiger partial charge >= 0.3 is 5.97 Å². The molecule has 2 aliphatic heterocycles. The lowest BCUT2D eigenvalue weighted by Gasteiger charge is -2.60. The van der Waals surface area contributed by atoms with E-state index in [1.165, 1.54) is 74.1 Å². The number of amides is 1. The SMILES string of the molecule is CC(=O)Oc1ccc2c3c1O[C@H]1[C@H](N(CCCc4ccccc4)C(=O)CCCCCCCCCCc4ccccc4)CC[C@H]4[C@@H](C2)N(CC2CC2O)CC[C@@]341. The van der Waals surface area contributed by atoms with Crippen LogP contribution in [0.4, 0.5) is 0 Å². The fraction of sp³-hybridized carbons (Fsp3) is 0.583. The highest BCUT2D eigenvalue weighted by Crippen LogP contribution is 2.64. The van der Waals surface area contributed by atoms with E-state index in [1.807, 2.05) is 6.07 Å². The number of unbranched alkanes of at least 4 members (excludes halogenated alkanes) is 7. The Morgan fingerprint density at radius 2 is 1.51 bits per heavy atom. The maximum absolute atomic E-state index is 14.5. The molecule has 5 aliphatic rings. The van der Waals surface area contributed by atoms with Crippen LogP contribution in [0.2, 0.25) is 0 Å². The first-order chi connectivity index (χ1) is 26.9. The molecular weight excluding hydrogens is 685 g/mol. The summed E-state index contributed by atoms with van der Waals surface area (Å²) in [7, 11) is 0. The van der Waals surface area contributed by atoms with Gasteiger partial charge in [0.25, 0.3) is 0 Å². The fourth-order valence-corrected chi connectivity index (χ4v) is 11.1. The van der Waals surface area contributed by atoms with Gasteiger partial charge in [-0.15, -0.1) is 0 Å². The Bertz CT molecular complexity index is 1760. The van der Waals surface area contributed by atoms with E-state index in [2.05, 4.69) is 76.5 Å². The molecule has 3 aliphatic carbocycles. The topological polar surface area (TPSA) is 79.3 Å². The van der Waals surface area contributed by atoms with Gasteiger partial charge in [-0.1, -0.05) is 105 Å². The first-order valence-corrected chi connectivity index (χ1v) is 21.7. The molecule has 8 rings (SSSR count). The maximum Gasteiger partial charge on any atom is 0.308 e. The Labute approximate surface area is 328 Å². The van der Waals surface area contributed by atoms with Gasteiger partial charge in [0.2, 0.25) is 5.91 Å². The van der Waals surface area contributed by atoms with Gasteiger partial charge in [0.05, 0.1) is 12.1 Å². The third kappa shape index (κ3) is 8.25. The number of carbonyl (C=O) groups is 2. The van der Waals surface area contributed by atoms with Crippen molar-refractivity contribution in [1.29, 1.82) is 0 Å². The van der Waals surface area contributed by atoms with E-state index < -0.39 is 0 Å². The minimum absolute atomic E-state index is 0.0311. The summed E-state index contributed by atoms with van der Waals surface area (Å²) in [4.78, 5) is 31.7. The van der Waals surface area contributed by atoms with Crippen LogP contribution in [0.1, 0.15) is 119 Å². The van der Waals surface area contributed by atoms with Crippen molar-refractivity contribution < 1.29 is 24.2 Å². The summed E-state index contributed by atoms with van der Waals surface area (Å²) in [6, 6.07) is 25.9. The molecule has 7 atom stereocenters. The third-order valence-electron chi connectivity index (χ3n) is 13.9. The van der Waals surface area contributed by atoms with E-state index in [0.717, 1.165) is 83.2 Å². The van der Waals surface area contributed by atoms with E-state index in [-0.39, 0.29) is 35.5 Å². The van der Waals surface area contributed by atoms with Crippen LogP contribution in [0.25, 0.3) is 0 Å². The average Bonchev–Trinajstić information content (AvgIpc) is 3.77. The minimum atomic E-state index is -0.340. The van der Waals surface area contributed by atoms with Crippen molar-refractivity contribution in [3.05, 3.63) is 95.1 Å². The standard InChI is InChI=1S/C48H62N2O5/c1-34(51)54-43-27-24-37-31-41-39-25-26-40(47-48(39,45(37)46(43)55-47)28-30-49(41)33-38-32-42(38)52)50(29-16-22-36-20-13-9-14-21-36)44(53)23-15-7-5-3-2-4-6-10-17-35-18-11-8-12-19-35/h8-9,11-14,18-21,24,27,38-42,47,52H,2-7,10,15-17,22-23,25-26,28-33H2,1H3/t38?,39-,40+,41+,42?,47-,48-/m0/s1. The zero-order valence-corrected chi connectivity index (χ0v) is 33.0. The van der Waals surface area contributed by atoms with Crippen LogP contribution in [0.5, 0.6) is 11.5 Å². The molecule has 0 aromatic heterocycles. The monoisotopic (exact) mass is 746 g/mol. The molecule has 2 heterocycles. The number of aliphatic hydroxyl groups is 1. The summed E-state index contributed by atoms with van der Waals surface area (Å²) >= 11 is 0. The molecule has 2 unspecified atom stereocenters. The highest BCUT2D eigenvalue weighted by molar-refractivity contribution is 5.77. The number of esters is 1. The first kappa shape index (κ1) is 38.2. The second kappa shape index (κ2) is 17.2. The summed E-state index contributed by atoms with van der Waals surface area (Å²) in [6.07, 6.45) is 17.6. The number of aryl methyl sites for hydroxylation is 2. The number of benzene rings is 3. The Balaban J connectivity index is 0.951. The van der Waals surface area contributed by atoms with Crippen molar-refractivity contribution in [2.24, 2.45) is 11.8 Å². The second-order valence-corrected chi connectivity index (χ2v) is 17.4. The van der Waals surface area contributed by atoms with Crippen LogP contribution < -0.4 is 9.47 Å². The van der Waals surface area contributed by atoms with E-state index >= 15 is 0 Å². The lowest BCUT2D eigenvalue weighted by molar-refractivity contribution is -0.143. The van der Waals surface area contributed by atoms with Crippen LogP contribution in [0, 0.1) is 11.8 Å². The van der Waals surface area contributed by atoms with Gasteiger partial charge < -0.3 is 19.5 Å². The van der Waals surface area contributed by atoms with Crippen molar-refractivity contribution in [3.8, 4) is 11.5 Å². The van der Waals surface area contributed by atoms with Crippen molar-refractivity contribution in [1.82, 2.24) is 9.80 Å². The summed E-state index contributed by atoms with van der Waals surface area (Å²) in [6.45, 7) is 4.10. The molecule has 1 amide bonds. The van der Waals surface area contributed by atoms with Gasteiger partial charge in [-0.05, 0) is 99.4 Å². The third-order valence-corrected chi connectivity index (χ3v) is 13.9. The average molecular weight is 747 g/mol. The molecule has 2 bridgehead atoms. The number of ether oxygens (including phenoxy) is 2. The molecule has 3 fully saturated rings. The smallest absolute Gasteiger partial charge is 0.308 e. The second-order valence-electron chi connectivity index (χ2n) is 17.4. The van der Waals surface area contributed by atoms with Gasteiger partial charge in [-0.2, -0.15) is 0 Å². The zero-order valence-electron chi connectivity index (χ0n) is 33.0. The minimum Gasteiger partial charge on any atom is -0.483 e. The maximum atomic E-state index is 14.5. The number of rotatable bonds is 19. The Kier molecular flexibility index (Phi) is 12.0. The first-order valence-electron chi connectivity index (χ1n) is 21.7. The molecule has 1 saturated heterocycles. The Morgan fingerprint density at radius 1 is 0.855 bits per heavy atom. The van der Waals surface area contributed by atoms with Crippen LogP contribution in [0.15, 0.2) is 72.8 Å².